The van der Waals surface area contributed by atoms with E-state index < -0.39 is 0 Å². The Morgan fingerprint density at radius 2 is 1.50 bits per heavy atom. The number of rotatable bonds is 6. The first-order valence-corrected chi connectivity index (χ1v) is 9.61. The van der Waals surface area contributed by atoms with Crippen molar-refractivity contribution in [1.82, 2.24) is 0 Å². The van der Waals surface area contributed by atoms with Crippen molar-refractivity contribution in [2.45, 2.75) is 44.4 Å². The summed E-state index contributed by atoms with van der Waals surface area (Å²) in [7, 11) is 0. The maximum absolute atomic E-state index is 12.1. The zero-order valence-electron chi connectivity index (χ0n) is 15.2. The van der Waals surface area contributed by atoms with Crippen molar-refractivity contribution < 1.29 is 4.39 Å². The molecule has 134 valence electrons. The van der Waals surface area contributed by atoms with Gasteiger partial charge in [0, 0.05) is 0 Å². The van der Waals surface area contributed by atoms with E-state index in [1.165, 1.54) is 43.2 Å². The fraction of sp³-hybridized carbons (Fsp3) is 0.375. The lowest BCUT2D eigenvalue weighted by Crippen LogP contribution is -2.13. The van der Waals surface area contributed by atoms with Gasteiger partial charge in [0.2, 0.25) is 0 Å². The molecule has 0 aliphatic heterocycles. The van der Waals surface area contributed by atoms with Crippen LogP contribution in [0.25, 0.3) is 11.1 Å². The lowest BCUT2D eigenvalue weighted by molar-refractivity contribution is 0.312. The first-order chi connectivity index (χ1) is 12.8. The number of nitrogens with zero attached hydrogens (tertiary/aromatic N) is 1. The number of benzene rings is 2. The third-order valence-electron chi connectivity index (χ3n) is 5.57. The van der Waals surface area contributed by atoms with E-state index in [0.29, 0.717) is 11.5 Å². The summed E-state index contributed by atoms with van der Waals surface area (Å²) >= 11 is 0. The molecule has 0 saturated heterocycles. The summed E-state index contributed by atoms with van der Waals surface area (Å²) in [6.45, 7) is -0.342. The molecule has 0 amide bonds. The lowest BCUT2D eigenvalue weighted by atomic mass is 9.77. The summed E-state index contributed by atoms with van der Waals surface area (Å²) in [5.41, 5.74) is 4.49. The smallest absolute Gasteiger partial charge is 0.108 e. The van der Waals surface area contributed by atoms with Crippen molar-refractivity contribution in [3.8, 4) is 17.2 Å². The number of allylic oxidation sites excluding steroid dienone is 2. The average molecular weight is 347 g/mol. The fourth-order valence-electron chi connectivity index (χ4n) is 3.98. The van der Waals surface area contributed by atoms with E-state index in [0.717, 1.165) is 17.9 Å². The molecule has 0 spiro atoms. The number of hydrogen-bond acceptors (Lipinski definition) is 1. The molecular formula is C24H26FN. The molecule has 0 N–H and O–H groups in total. The standard InChI is InChI=1S/C24H26FN/c25-17-3-1-2-4-19-5-9-21(10-6-19)23-13-15-24(16-14-23)22-11-7-20(18-26)8-12-22/h1,3,7-8,11-16,19,21H,2,4-6,9-10,17H2/t19-,21-. The molecule has 2 aromatic rings. The average Bonchev–Trinajstić information content (AvgIpc) is 2.72. The summed E-state index contributed by atoms with van der Waals surface area (Å²) in [5.74, 6) is 1.47. The predicted molar refractivity (Wildman–Crippen MR) is 106 cm³/mol. The van der Waals surface area contributed by atoms with Gasteiger partial charge in [0.1, 0.15) is 6.67 Å². The van der Waals surface area contributed by atoms with Gasteiger partial charge in [-0.05, 0) is 79.2 Å². The van der Waals surface area contributed by atoms with Gasteiger partial charge in [0.15, 0.2) is 0 Å². The Kier molecular flexibility index (Phi) is 6.61. The Bertz CT molecular complexity index is 744. The molecule has 1 nitrogen and oxygen atoms in total. The Hall–Kier alpha value is -2.40. The highest BCUT2D eigenvalue weighted by atomic mass is 19.1. The van der Waals surface area contributed by atoms with E-state index in [4.69, 9.17) is 5.26 Å². The fourth-order valence-corrected chi connectivity index (χ4v) is 3.98. The molecule has 2 aromatic carbocycles. The van der Waals surface area contributed by atoms with Crippen molar-refractivity contribution in [1.29, 1.82) is 5.26 Å². The minimum Gasteiger partial charge on any atom is -0.247 e. The van der Waals surface area contributed by atoms with Crippen LogP contribution in [-0.4, -0.2) is 6.67 Å². The molecule has 1 aliphatic rings. The van der Waals surface area contributed by atoms with E-state index in [1.54, 1.807) is 6.08 Å². The molecular weight excluding hydrogens is 321 g/mol. The molecule has 0 bridgehead atoms. The molecule has 1 aliphatic carbocycles. The Morgan fingerprint density at radius 3 is 2.08 bits per heavy atom. The molecule has 0 atom stereocenters. The van der Waals surface area contributed by atoms with Gasteiger partial charge in [0.05, 0.1) is 11.6 Å². The highest BCUT2D eigenvalue weighted by Crippen LogP contribution is 2.38. The SMILES string of the molecule is N#Cc1ccc(-c2ccc([C@H]3CC[C@H](CCC=CCF)CC3)cc2)cc1. The molecule has 1 fully saturated rings. The molecule has 2 heteroatoms. The molecule has 0 heterocycles. The van der Waals surface area contributed by atoms with Crippen molar-refractivity contribution in [2.24, 2.45) is 5.92 Å². The van der Waals surface area contributed by atoms with Gasteiger partial charge in [-0.15, -0.1) is 0 Å². The molecule has 0 unspecified atom stereocenters. The van der Waals surface area contributed by atoms with Crippen molar-refractivity contribution in [2.75, 3.05) is 6.67 Å². The van der Waals surface area contributed by atoms with Crippen molar-refractivity contribution >= 4 is 0 Å². The van der Waals surface area contributed by atoms with E-state index >= 15 is 0 Å². The van der Waals surface area contributed by atoms with Crippen LogP contribution in [0.5, 0.6) is 0 Å². The first kappa shape index (κ1) is 18.4. The number of hydrogen-bond donors (Lipinski definition) is 0. The van der Waals surface area contributed by atoms with Crippen LogP contribution in [0.4, 0.5) is 4.39 Å². The second-order valence-corrected chi connectivity index (χ2v) is 7.23. The van der Waals surface area contributed by atoms with Crippen LogP contribution in [0, 0.1) is 17.2 Å². The van der Waals surface area contributed by atoms with Crippen LogP contribution in [0.2, 0.25) is 0 Å². The van der Waals surface area contributed by atoms with E-state index in [2.05, 4.69) is 30.3 Å². The van der Waals surface area contributed by atoms with Crippen LogP contribution < -0.4 is 0 Å². The predicted octanol–water partition coefficient (Wildman–Crippen LogP) is 6.80. The number of alkyl halides is 1. The molecule has 26 heavy (non-hydrogen) atoms. The maximum atomic E-state index is 12.1. The quantitative estimate of drug-likeness (QED) is 0.527. The van der Waals surface area contributed by atoms with Gasteiger partial charge in [-0.3, -0.25) is 0 Å². The highest BCUT2D eigenvalue weighted by molar-refractivity contribution is 5.64. The minimum atomic E-state index is -0.342. The second kappa shape index (κ2) is 9.34. The second-order valence-electron chi connectivity index (χ2n) is 7.23. The van der Waals surface area contributed by atoms with Crippen LogP contribution in [0.3, 0.4) is 0 Å². The summed E-state index contributed by atoms with van der Waals surface area (Å²) in [6, 6.07) is 18.8. The van der Waals surface area contributed by atoms with Gasteiger partial charge in [-0.1, -0.05) is 48.6 Å². The van der Waals surface area contributed by atoms with Crippen LogP contribution >= 0.6 is 0 Å². The van der Waals surface area contributed by atoms with Crippen molar-refractivity contribution in [3.63, 3.8) is 0 Å². The summed E-state index contributed by atoms with van der Waals surface area (Å²) in [6.07, 6.45) is 10.9. The summed E-state index contributed by atoms with van der Waals surface area (Å²) < 4.78 is 12.1. The van der Waals surface area contributed by atoms with E-state index in [9.17, 15) is 4.39 Å². The Morgan fingerprint density at radius 1 is 0.885 bits per heavy atom. The van der Waals surface area contributed by atoms with Gasteiger partial charge in [0.25, 0.3) is 0 Å². The van der Waals surface area contributed by atoms with Gasteiger partial charge in [-0.2, -0.15) is 5.26 Å². The Labute approximate surface area is 156 Å². The third-order valence-corrected chi connectivity index (χ3v) is 5.57. The minimum absolute atomic E-state index is 0.342. The van der Waals surface area contributed by atoms with Crippen LogP contribution in [0.15, 0.2) is 60.7 Å². The zero-order valence-corrected chi connectivity index (χ0v) is 15.2. The normalized spacial score (nSPS) is 20.2. The largest absolute Gasteiger partial charge is 0.247 e. The maximum Gasteiger partial charge on any atom is 0.108 e. The van der Waals surface area contributed by atoms with Crippen molar-refractivity contribution in [3.05, 3.63) is 71.8 Å². The van der Waals surface area contributed by atoms with E-state index in [-0.39, 0.29) is 6.67 Å². The molecule has 0 radical (unpaired) electrons. The highest BCUT2D eigenvalue weighted by Gasteiger charge is 2.21. The van der Waals surface area contributed by atoms with E-state index in [1.807, 2.05) is 30.3 Å². The van der Waals surface area contributed by atoms with Gasteiger partial charge < -0.3 is 0 Å². The zero-order chi connectivity index (χ0) is 18.2. The summed E-state index contributed by atoms with van der Waals surface area (Å²) in [4.78, 5) is 0. The van der Waals surface area contributed by atoms with Crippen LogP contribution in [0.1, 0.15) is 55.6 Å². The number of halogens is 1. The third kappa shape index (κ3) is 4.82. The molecule has 1 saturated carbocycles. The number of nitriles is 1. The van der Waals surface area contributed by atoms with Crippen LogP contribution in [-0.2, 0) is 0 Å². The molecule has 0 aromatic heterocycles. The Balaban J connectivity index is 1.54. The first-order valence-electron chi connectivity index (χ1n) is 9.61. The van der Waals surface area contributed by atoms with Gasteiger partial charge in [-0.25, -0.2) is 4.39 Å². The summed E-state index contributed by atoms with van der Waals surface area (Å²) in [5, 5.41) is 8.90. The monoisotopic (exact) mass is 347 g/mol. The lowest BCUT2D eigenvalue weighted by Gasteiger charge is -2.28. The molecule has 3 rings (SSSR count). The topological polar surface area (TPSA) is 23.8 Å². The van der Waals surface area contributed by atoms with Gasteiger partial charge >= 0.3 is 0 Å².